The summed E-state index contributed by atoms with van der Waals surface area (Å²) in [6.45, 7) is 0.916. The monoisotopic (exact) mass is 815 g/mol. The highest BCUT2D eigenvalue weighted by molar-refractivity contribution is 5.98. The second-order valence-corrected chi connectivity index (χ2v) is 13.3. The molecule has 0 unspecified atom stereocenters. The number of hydrogen-bond donors (Lipinski definition) is 10. The maximum absolute atomic E-state index is 13.1. The van der Waals surface area contributed by atoms with Crippen molar-refractivity contribution < 1.29 is 68.1 Å². The number of nitrogens with two attached hydrogens (primary N) is 3. The van der Waals surface area contributed by atoms with Crippen LogP contribution in [0.5, 0.6) is 0 Å². The number of ketones is 1. The van der Waals surface area contributed by atoms with Crippen molar-refractivity contribution in [3.8, 4) is 0 Å². The van der Waals surface area contributed by atoms with Gasteiger partial charge >= 0.3 is 17.9 Å². The molecule has 0 radical (unpaired) electrons. The molecule has 1 fully saturated rings. The molecule has 0 saturated carbocycles. The Morgan fingerprint density at radius 2 is 0.807 bits per heavy atom. The third-order valence-corrected chi connectivity index (χ3v) is 8.36. The number of carboxylic acid groups (broad SMARTS) is 3. The number of Topliss-reactive ketones (excluding diaryl/α,β-unsaturated/α-hetero) is 1. The van der Waals surface area contributed by atoms with Crippen molar-refractivity contribution in [2.75, 3.05) is 85.1 Å². The van der Waals surface area contributed by atoms with Gasteiger partial charge in [-0.1, -0.05) is 0 Å². The molecule has 1 saturated heterocycles. The summed E-state index contributed by atoms with van der Waals surface area (Å²) in [7, 11) is 0. The van der Waals surface area contributed by atoms with Crippen molar-refractivity contribution in [3.63, 3.8) is 0 Å². The molecule has 1 aliphatic rings. The van der Waals surface area contributed by atoms with Crippen molar-refractivity contribution in [3.05, 3.63) is 0 Å². The van der Waals surface area contributed by atoms with Crippen LogP contribution in [0.4, 0.5) is 0 Å². The smallest absolute Gasteiger partial charge is 0.317 e. The van der Waals surface area contributed by atoms with Crippen LogP contribution < -0.4 is 38.5 Å². The van der Waals surface area contributed by atoms with Gasteiger partial charge in [-0.15, -0.1) is 0 Å². The number of nitrogens with one attached hydrogen (secondary N) is 4. The highest BCUT2D eigenvalue weighted by atomic mass is 16.4. The van der Waals surface area contributed by atoms with Crippen molar-refractivity contribution >= 4 is 65.0 Å². The van der Waals surface area contributed by atoms with Gasteiger partial charge in [-0.3, -0.25) is 72.3 Å². The van der Waals surface area contributed by atoms with Gasteiger partial charge in [-0.2, -0.15) is 0 Å². The van der Waals surface area contributed by atoms with E-state index in [2.05, 4.69) is 21.3 Å². The largest absolute Gasteiger partial charge is 0.480 e. The number of nitrogens with zero attached hydrogens (tertiary/aromatic N) is 4. The van der Waals surface area contributed by atoms with Gasteiger partial charge in [-0.25, -0.2) is 0 Å². The van der Waals surface area contributed by atoms with Crippen molar-refractivity contribution in [1.29, 1.82) is 0 Å². The molecular weight excluding hydrogens is 762 g/mol. The summed E-state index contributed by atoms with van der Waals surface area (Å²) < 4.78 is 0. The van der Waals surface area contributed by atoms with E-state index < -0.39 is 109 Å². The average Bonchev–Trinajstić information content (AvgIpc) is 3.07. The molecule has 25 nitrogen and oxygen atoms in total. The molecule has 1 rings (SSSR count). The fraction of sp³-hybridized carbons (Fsp3) is 0.656. The number of carbonyl (C=O) groups excluding carboxylic acids is 8. The van der Waals surface area contributed by atoms with E-state index in [1.807, 2.05) is 0 Å². The van der Waals surface area contributed by atoms with Gasteiger partial charge in [0.15, 0.2) is 5.78 Å². The van der Waals surface area contributed by atoms with Crippen LogP contribution in [0.2, 0.25) is 0 Å². The van der Waals surface area contributed by atoms with Crippen LogP contribution >= 0.6 is 0 Å². The van der Waals surface area contributed by atoms with Crippen LogP contribution in [-0.4, -0.2) is 203 Å². The summed E-state index contributed by atoms with van der Waals surface area (Å²) in [5.74, 6) is -10.7. The van der Waals surface area contributed by atoms with E-state index in [0.29, 0.717) is 0 Å². The summed E-state index contributed by atoms with van der Waals surface area (Å²) in [6, 6.07) is -4.76. The Kier molecular flexibility index (Phi) is 21.9. The van der Waals surface area contributed by atoms with E-state index in [-0.39, 0.29) is 85.1 Å². The normalized spacial score (nSPS) is 16.6. The maximum Gasteiger partial charge on any atom is 0.317 e. The molecule has 1 heterocycles. The SMILES string of the molecule is CC(=O)[C@@H](CC(N)=O)NC(=O)[C@@H](CC(N)=O)NC(=O)[C@@H](CC(N)=O)NC(=O)CCNC(=O)CN1CCN(CC(=O)O)CCN(CC(=O)O)CCN(CC(=O)O)CC1. The summed E-state index contributed by atoms with van der Waals surface area (Å²) in [4.78, 5) is 139. The highest BCUT2D eigenvalue weighted by Crippen LogP contribution is 2.04. The van der Waals surface area contributed by atoms with Crippen LogP contribution in [-0.2, 0) is 52.7 Å². The van der Waals surface area contributed by atoms with Crippen molar-refractivity contribution in [1.82, 2.24) is 40.9 Å². The lowest BCUT2D eigenvalue weighted by Crippen LogP contribution is -2.57. The molecule has 7 amide bonds. The zero-order chi connectivity index (χ0) is 43.2. The second kappa shape index (κ2) is 25.4. The van der Waals surface area contributed by atoms with E-state index in [9.17, 15) is 68.1 Å². The molecule has 0 aromatic carbocycles. The Labute approximate surface area is 326 Å². The molecule has 0 aromatic heterocycles. The Bertz CT molecular complexity index is 1460. The number of hydrogen-bond acceptors (Lipinski definition) is 15. The van der Waals surface area contributed by atoms with Crippen molar-refractivity contribution in [2.24, 2.45) is 17.2 Å². The summed E-state index contributed by atoms with van der Waals surface area (Å²) >= 11 is 0. The van der Waals surface area contributed by atoms with E-state index in [4.69, 9.17) is 17.2 Å². The predicted octanol–water partition coefficient (Wildman–Crippen LogP) is -7.36. The molecule has 0 spiro atoms. The fourth-order valence-corrected chi connectivity index (χ4v) is 5.49. The molecule has 25 heteroatoms. The van der Waals surface area contributed by atoms with Gasteiger partial charge in [0.05, 0.1) is 51.5 Å². The molecule has 0 bridgehead atoms. The first kappa shape index (κ1) is 49.2. The summed E-state index contributed by atoms with van der Waals surface area (Å²) in [6.07, 6.45) is -2.53. The molecule has 0 aromatic rings. The van der Waals surface area contributed by atoms with Crippen LogP contribution in [0.3, 0.4) is 0 Å². The highest BCUT2D eigenvalue weighted by Gasteiger charge is 2.31. The number of aliphatic carboxylic acids is 3. The van der Waals surface area contributed by atoms with Crippen molar-refractivity contribution in [2.45, 2.75) is 50.7 Å². The van der Waals surface area contributed by atoms with Crippen LogP contribution in [0.15, 0.2) is 0 Å². The molecule has 3 atom stereocenters. The van der Waals surface area contributed by atoms with E-state index in [0.717, 1.165) is 6.92 Å². The predicted molar refractivity (Wildman–Crippen MR) is 194 cm³/mol. The minimum Gasteiger partial charge on any atom is -0.480 e. The summed E-state index contributed by atoms with van der Waals surface area (Å²) in [5, 5.41) is 37.2. The van der Waals surface area contributed by atoms with Gasteiger partial charge in [0, 0.05) is 65.3 Å². The summed E-state index contributed by atoms with van der Waals surface area (Å²) in [5.41, 5.74) is 15.5. The third kappa shape index (κ3) is 22.4. The number of carbonyl (C=O) groups is 11. The quantitative estimate of drug-likeness (QED) is 0.0458. The number of primary amides is 3. The lowest BCUT2D eigenvalue weighted by Gasteiger charge is -2.32. The molecule has 57 heavy (non-hydrogen) atoms. The second-order valence-electron chi connectivity index (χ2n) is 13.3. The molecule has 13 N–H and O–H groups in total. The number of carboxylic acids is 3. The Morgan fingerprint density at radius 1 is 0.491 bits per heavy atom. The van der Waals surface area contributed by atoms with Crippen LogP contribution in [0.1, 0.15) is 32.6 Å². The van der Waals surface area contributed by atoms with Gasteiger partial charge in [0.2, 0.25) is 41.4 Å². The Balaban J connectivity index is 2.95. The van der Waals surface area contributed by atoms with Crippen LogP contribution in [0.25, 0.3) is 0 Å². The zero-order valence-electron chi connectivity index (χ0n) is 31.6. The fourth-order valence-electron chi connectivity index (χ4n) is 5.49. The average molecular weight is 816 g/mol. The topological polar surface area (TPSA) is 388 Å². The Morgan fingerprint density at radius 3 is 1.14 bits per heavy atom. The standard InChI is InChI=1S/C32H53N11O14/c1-19(44)20(12-23(33)45)38-32(57)22(14-25(35)47)39-31(56)21(13-24(34)46)37-26(48)2-3-36-27(49)15-40-4-6-41(16-28(50)51)8-10-43(18-30(54)55)11-9-42(7-5-40)17-29(52)53/h20-22H,2-18H2,1H3,(H2,33,45)(H2,34,46)(H2,35,47)(H,36,49)(H,37,48)(H,38,57)(H,39,56)(H,50,51)(H,52,53)(H,54,55)/t20-,21-,22-/m1/s1. The molecule has 0 aliphatic carbocycles. The lowest BCUT2D eigenvalue weighted by molar-refractivity contribution is -0.140. The lowest BCUT2D eigenvalue weighted by atomic mass is 10.1. The number of rotatable bonds is 23. The van der Waals surface area contributed by atoms with Gasteiger partial charge in [0.1, 0.15) is 12.1 Å². The van der Waals surface area contributed by atoms with E-state index >= 15 is 0 Å². The van der Waals surface area contributed by atoms with E-state index in [1.54, 1.807) is 19.6 Å². The number of amides is 7. The maximum atomic E-state index is 13.1. The van der Waals surface area contributed by atoms with Gasteiger partial charge < -0.3 is 53.8 Å². The third-order valence-electron chi connectivity index (χ3n) is 8.36. The first-order valence-electron chi connectivity index (χ1n) is 17.7. The molecule has 320 valence electrons. The zero-order valence-corrected chi connectivity index (χ0v) is 31.6. The molecule has 1 aliphatic heterocycles. The first-order chi connectivity index (χ1) is 26.6. The van der Waals surface area contributed by atoms with Gasteiger partial charge in [0.25, 0.3) is 0 Å². The minimum absolute atomic E-state index is 0.164. The van der Waals surface area contributed by atoms with E-state index in [1.165, 1.54) is 0 Å². The Hall–Kier alpha value is -5.79. The first-order valence-corrected chi connectivity index (χ1v) is 17.7. The minimum atomic E-state index is -1.71. The molecular formula is C32H53N11O14. The van der Waals surface area contributed by atoms with Gasteiger partial charge in [-0.05, 0) is 6.92 Å². The van der Waals surface area contributed by atoms with Crippen LogP contribution in [0, 0.1) is 0 Å².